The zero-order chi connectivity index (χ0) is 23.3. The van der Waals surface area contributed by atoms with Crippen LogP contribution in [0, 0.1) is 0 Å². The number of benzene rings is 3. The summed E-state index contributed by atoms with van der Waals surface area (Å²) in [4.78, 5) is 29.6. The predicted molar refractivity (Wildman–Crippen MR) is 134 cm³/mol. The second-order valence-corrected chi connectivity index (χ2v) is 7.69. The third kappa shape index (κ3) is 4.52. The van der Waals surface area contributed by atoms with Gasteiger partial charge in [0.25, 0.3) is 5.91 Å². The van der Waals surface area contributed by atoms with Crippen LogP contribution in [0.4, 0.5) is 5.69 Å². The second-order valence-electron chi connectivity index (χ2n) is 7.69. The highest BCUT2D eigenvalue weighted by molar-refractivity contribution is 6.11. The van der Waals surface area contributed by atoms with Gasteiger partial charge >= 0.3 is 0 Å². The summed E-state index contributed by atoms with van der Waals surface area (Å²) in [6, 6.07) is 27.5. The Morgan fingerprint density at radius 3 is 2.44 bits per heavy atom. The summed E-state index contributed by atoms with van der Waals surface area (Å²) in [5.74, 6) is -0.480. The number of carbonyl (C=O) groups excluding carboxylic acids is 2. The molecule has 0 saturated heterocycles. The van der Waals surface area contributed by atoms with E-state index in [0.717, 1.165) is 22.2 Å². The van der Waals surface area contributed by atoms with Crippen molar-refractivity contribution in [1.82, 2.24) is 15.2 Å². The molecule has 0 atom stereocenters. The van der Waals surface area contributed by atoms with E-state index in [4.69, 9.17) is 0 Å². The minimum Gasteiger partial charge on any atom is -0.321 e. The molecule has 3 aromatic carbocycles. The van der Waals surface area contributed by atoms with Crippen molar-refractivity contribution in [3.05, 3.63) is 125 Å². The lowest BCUT2D eigenvalue weighted by molar-refractivity contribution is 0.101. The molecule has 0 bridgehead atoms. The van der Waals surface area contributed by atoms with E-state index >= 15 is 0 Å². The van der Waals surface area contributed by atoms with Gasteiger partial charge in [0.15, 0.2) is 5.78 Å². The Morgan fingerprint density at radius 2 is 1.62 bits per heavy atom. The Kier molecular flexibility index (Phi) is 5.78. The molecule has 0 unspecified atom stereocenters. The van der Waals surface area contributed by atoms with Crippen LogP contribution in [0.25, 0.3) is 23.1 Å². The number of nitrogens with one attached hydrogen (secondary N) is 2. The number of aromatic nitrogens is 3. The van der Waals surface area contributed by atoms with Crippen molar-refractivity contribution in [2.45, 2.75) is 0 Å². The predicted octanol–water partition coefficient (Wildman–Crippen LogP) is 5.61. The zero-order valence-corrected chi connectivity index (χ0v) is 18.1. The van der Waals surface area contributed by atoms with Gasteiger partial charge in [-0.15, -0.1) is 0 Å². The van der Waals surface area contributed by atoms with Crippen molar-refractivity contribution in [1.29, 1.82) is 0 Å². The number of anilines is 1. The molecule has 0 fully saturated rings. The lowest BCUT2D eigenvalue weighted by atomic mass is 10.0. The summed E-state index contributed by atoms with van der Waals surface area (Å²) in [5.41, 5.74) is 4.50. The highest BCUT2D eigenvalue weighted by Crippen LogP contribution is 2.22. The molecular weight excluding hydrogens is 424 g/mol. The maximum atomic E-state index is 13.1. The monoisotopic (exact) mass is 444 g/mol. The van der Waals surface area contributed by atoms with Crippen molar-refractivity contribution < 1.29 is 9.59 Å². The van der Waals surface area contributed by atoms with Gasteiger partial charge in [-0.25, -0.2) is 0 Å². The summed E-state index contributed by atoms with van der Waals surface area (Å²) in [6.07, 6.45) is 5.51. The minimum absolute atomic E-state index is 0.146. The quantitative estimate of drug-likeness (QED) is 0.333. The summed E-state index contributed by atoms with van der Waals surface area (Å²) in [6.45, 7) is 0. The smallest absolute Gasteiger partial charge is 0.274 e. The molecule has 5 rings (SSSR count). The Balaban J connectivity index is 1.36. The first kappa shape index (κ1) is 21.0. The van der Waals surface area contributed by atoms with E-state index < -0.39 is 0 Å². The van der Waals surface area contributed by atoms with Crippen LogP contribution in [0.15, 0.2) is 97.2 Å². The molecule has 2 aromatic heterocycles. The van der Waals surface area contributed by atoms with E-state index in [-0.39, 0.29) is 11.7 Å². The number of hydrogen-bond acceptors (Lipinski definition) is 4. The number of hydrogen-bond donors (Lipinski definition) is 2. The number of rotatable bonds is 6. The van der Waals surface area contributed by atoms with E-state index in [2.05, 4.69) is 20.5 Å². The van der Waals surface area contributed by atoms with Crippen molar-refractivity contribution in [2.24, 2.45) is 0 Å². The van der Waals surface area contributed by atoms with Crippen molar-refractivity contribution in [3.8, 4) is 0 Å². The first-order chi connectivity index (χ1) is 16.7. The van der Waals surface area contributed by atoms with Gasteiger partial charge in [-0.3, -0.25) is 19.7 Å². The lowest BCUT2D eigenvalue weighted by Gasteiger charge is -2.07. The Hall–Kier alpha value is -4.84. The fraction of sp³-hybridized carbons (Fsp3) is 0. The van der Waals surface area contributed by atoms with Gasteiger partial charge in [0.2, 0.25) is 0 Å². The van der Waals surface area contributed by atoms with Crippen LogP contribution in [-0.2, 0) is 0 Å². The summed E-state index contributed by atoms with van der Waals surface area (Å²) in [5, 5.41) is 11.1. The molecule has 0 radical (unpaired) electrons. The Morgan fingerprint density at radius 1 is 0.794 bits per heavy atom. The fourth-order valence-corrected chi connectivity index (χ4v) is 3.65. The molecule has 5 aromatic rings. The van der Waals surface area contributed by atoms with Crippen LogP contribution in [0.2, 0.25) is 0 Å². The molecular formula is C28H20N4O2. The highest BCUT2D eigenvalue weighted by Gasteiger charge is 2.13. The Bertz CT molecular complexity index is 1510. The van der Waals surface area contributed by atoms with Crippen molar-refractivity contribution >= 4 is 40.4 Å². The average molecular weight is 444 g/mol. The molecule has 34 heavy (non-hydrogen) atoms. The first-order valence-corrected chi connectivity index (χ1v) is 10.8. The van der Waals surface area contributed by atoms with Gasteiger partial charge in [0.05, 0.1) is 11.2 Å². The summed E-state index contributed by atoms with van der Waals surface area (Å²) >= 11 is 0. The number of carbonyl (C=O) groups is 2. The molecule has 2 heterocycles. The number of amides is 1. The van der Waals surface area contributed by atoms with Crippen LogP contribution in [0.3, 0.4) is 0 Å². The van der Waals surface area contributed by atoms with E-state index in [1.165, 1.54) is 0 Å². The van der Waals surface area contributed by atoms with E-state index in [1.807, 2.05) is 48.6 Å². The number of nitrogens with zero attached hydrogens (tertiary/aromatic N) is 2. The van der Waals surface area contributed by atoms with Crippen LogP contribution in [-0.4, -0.2) is 26.9 Å². The van der Waals surface area contributed by atoms with Crippen LogP contribution in [0.1, 0.15) is 37.7 Å². The lowest BCUT2D eigenvalue weighted by Crippen LogP contribution is -2.13. The molecule has 0 saturated carbocycles. The molecule has 2 N–H and O–H groups in total. The van der Waals surface area contributed by atoms with Crippen LogP contribution in [0.5, 0.6) is 0 Å². The molecule has 6 nitrogen and oxygen atoms in total. The normalized spacial score (nSPS) is 11.1. The van der Waals surface area contributed by atoms with Gasteiger partial charge in [-0.2, -0.15) is 5.10 Å². The average Bonchev–Trinajstić information content (AvgIpc) is 3.30. The van der Waals surface area contributed by atoms with E-state index in [1.54, 1.807) is 60.8 Å². The van der Waals surface area contributed by atoms with Gasteiger partial charge < -0.3 is 5.32 Å². The second kappa shape index (κ2) is 9.34. The number of pyridine rings is 1. The molecule has 0 aliphatic carbocycles. The SMILES string of the molecule is O=C(c1cccc(NC(=O)c2ccccn2)c1)c1ccc2c(C=Cc3ccccc3)n[nH]c2c1. The van der Waals surface area contributed by atoms with Crippen molar-refractivity contribution in [3.63, 3.8) is 0 Å². The van der Waals surface area contributed by atoms with Gasteiger partial charge in [-0.1, -0.05) is 60.7 Å². The number of fused-ring (bicyclic) bond motifs is 1. The van der Waals surface area contributed by atoms with E-state index in [0.29, 0.717) is 22.5 Å². The number of H-pyrrole nitrogens is 1. The highest BCUT2D eigenvalue weighted by atomic mass is 16.2. The molecule has 6 heteroatoms. The van der Waals surface area contributed by atoms with Crippen LogP contribution < -0.4 is 5.32 Å². The maximum absolute atomic E-state index is 13.1. The summed E-state index contributed by atoms with van der Waals surface area (Å²) in [7, 11) is 0. The fourth-order valence-electron chi connectivity index (χ4n) is 3.65. The third-order valence-corrected chi connectivity index (χ3v) is 5.37. The van der Waals surface area contributed by atoms with Gasteiger partial charge in [-0.05, 0) is 48.0 Å². The summed E-state index contributed by atoms with van der Waals surface area (Å²) < 4.78 is 0. The molecule has 164 valence electrons. The topological polar surface area (TPSA) is 87.7 Å². The maximum Gasteiger partial charge on any atom is 0.274 e. The number of ketones is 1. The largest absolute Gasteiger partial charge is 0.321 e. The van der Waals surface area contributed by atoms with Crippen molar-refractivity contribution in [2.75, 3.05) is 5.32 Å². The van der Waals surface area contributed by atoms with Gasteiger partial charge in [0, 0.05) is 28.4 Å². The first-order valence-electron chi connectivity index (χ1n) is 10.8. The number of aromatic amines is 1. The van der Waals surface area contributed by atoms with Crippen LogP contribution >= 0.6 is 0 Å². The standard InChI is InChI=1S/C28H20N4O2/c33-27(20-9-6-10-22(17-20)30-28(34)25-11-4-5-16-29-25)21-13-14-23-24(31-32-26(23)18-21)15-12-19-7-2-1-3-8-19/h1-18H,(H,30,34)(H,31,32). The molecule has 1 amide bonds. The molecule has 0 spiro atoms. The third-order valence-electron chi connectivity index (χ3n) is 5.37. The zero-order valence-electron chi connectivity index (χ0n) is 18.1. The van der Waals surface area contributed by atoms with Gasteiger partial charge in [0.1, 0.15) is 5.69 Å². The molecule has 0 aliphatic heterocycles. The minimum atomic E-state index is -0.333. The van der Waals surface area contributed by atoms with E-state index in [9.17, 15) is 9.59 Å². The Labute approximate surface area is 196 Å². The molecule has 0 aliphatic rings.